The first-order valence-electron chi connectivity index (χ1n) is 8.97. The van der Waals surface area contributed by atoms with E-state index in [0.29, 0.717) is 6.42 Å². The Labute approximate surface area is 137 Å². The maximum absolute atomic E-state index is 10.3. The summed E-state index contributed by atoms with van der Waals surface area (Å²) >= 11 is 0. The summed E-state index contributed by atoms with van der Waals surface area (Å²) in [6.45, 7) is 2.14. The van der Waals surface area contributed by atoms with Gasteiger partial charge in [0.2, 0.25) is 0 Å². The Morgan fingerprint density at radius 3 is 1.77 bits per heavy atom. The molecule has 0 aliphatic rings. The third kappa shape index (κ3) is 18.7. The van der Waals surface area contributed by atoms with Gasteiger partial charge >= 0.3 is 5.97 Å². The van der Waals surface area contributed by atoms with Crippen molar-refractivity contribution >= 4 is 5.97 Å². The first-order chi connectivity index (χ1) is 10.8. The largest absolute Gasteiger partial charge is 0.481 e. The van der Waals surface area contributed by atoms with Gasteiger partial charge in [-0.1, -0.05) is 88.3 Å². The van der Waals surface area contributed by atoms with E-state index in [0.717, 1.165) is 19.3 Å². The molecule has 0 amide bonds. The van der Waals surface area contributed by atoms with E-state index in [4.69, 9.17) is 5.11 Å². The summed E-state index contributed by atoms with van der Waals surface area (Å²) in [7, 11) is 0. The van der Waals surface area contributed by atoms with Gasteiger partial charge in [-0.25, -0.2) is 0 Å². The molecule has 0 saturated carbocycles. The van der Waals surface area contributed by atoms with Crippen LogP contribution in [-0.4, -0.2) is 11.1 Å². The Balaban J connectivity index is 3.17. The average Bonchev–Trinajstić information content (AvgIpc) is 2.50. The van der Waals surface area contributed by atoms with Crippen LogP contribution in [0.1, 0.15) is 84.0 Å². The summed E-state index contributed by atoms with van der Waals surface area (Å²) in [6.07, 6.45) is 26.3. The van der Waals surface area contributed by atoms with E-state index < -0.39 is 5.97 Å². The van der Waals surface area contributed by atoms with Gasteiger partial charge < -0.3 is 5.11 Å². The molecule has 0 atom stereocenters. The molecule has 0 fully saturated rings. The molecule has 1 N–H and O–H groups in total. The van der Waals surface area contributed by atoms with Gasteiger partial charge in [0.1, 0.15) is 0 Å². The second-order valence-electron chi connectivity index (χ2n) is 5.76. The topological polar surface area (TPSA) is 37.3 Å². The van der Waals surface area contributed by atoms with Crippen molar-refractivity contribution in [1.82, 2.24) is 0 Å². The number of hydrogen-bond acceptors (Lipinski definition) is 1. The van der Waals surface area contributed by atoms with Gasteiger partial charge in [0, 0.05) is 6.42 Å². The van der Waals surface area contributed by atoms with Crippen LogP contribution in [0.4, 0.5) is 0 Å². The van der Waals surface area contributed by atoms with Crippen LogP contribution in [-0.2, 0) is 4.79 Å². The zero-order valence-electron chi connectivity index (χ0n) is 14.3. The molecule has 0 aromatic carbocycles. The van der Waals surface area contributed by atoms with Crippen molar-refractivity contribution in [1.29, 1.82) is 0 Å². The van der Waals surface area contributed by atoms with E-state index in [1.165, 1.54) is 51.4 Å². The summed E-state index contributed by atoms with van der Waals surface area (Å²) < 4.78 is 0. The Morgan fingerprint density at radius 2 is 1.23 bits per heavy atom. The fourth-order valence-corrected chi connectivity index (χ4v) is 2.29. The molecule has 0 unspecified atom stereocenters. The lowest BCUT2D eigenvalue weighted by atomic mass is 10.1. The van der Waals surface area contributed by atoms with Gasteiger partial charge in [0.05, 0.1) is 0 Å². The van der Waals surface area contributed by atoms with E-state index in [2.05, 4.69) is 43.4 Å². The molecule has 126 valence electrons. The maximum atomic E-state index is 10.3. The molecule has 0 radical (unpaired) electrons. The van der Waals surface area contributed by atoms with E-state index in [1.807, 2.05) is 0 Å². The predicted octanol–water partition coefficient (Wildman–Crippen LogP) is 6.44. The summed E-state index contributed by atoms with van der Waals surface area (Å²) in [5.41, 5.74) is 0. The maximum Gasteiger partial charge on any atom is 0.303 e. The summed E-state index contributed by atoms with van der Waals surface area (Å²) in [4.78, 5) is 10.3. The molecule has 22 heavy (non-hydrogen) atoms. The van der Waals surface area contributed by atoms with Crippen LogP contribution < -0.4 is 0 Å². The highest BCUT2D eigenvalue weighted by Gasteiger charge is 1.96. The van der Waals surface area contributed by atoms with Crippen molar-refractivity contribution in [2.24, 2.45) is 0 Å². The summed E-state index contributed by atoms with van der Waals surface area (Å²) in [6, 6.07) is 0. The minimum absolute atomic E-state index is 0.331. The van der Waals surface area contributed by atoms with Crippen molar-refractivity contribution in [2.45, 2.75) is 84.0 Å². The Kier molecular flexibility index (Phi) is 16.7. The van der Waals surface area contributed by atoms with E-state index in [9.17, 15) is 4.79 Å². The zero-order chi connectivity index (χ0) is 16.3. The minimum Gasteiger partial charge on any atom is -0.481 e. The number of aliphatic carboxylic acids is 1. The molecule has 0 aliphatic carbocycles. The van der Waals surface area contributed by atoms with Gasteiger partial charge in [-0.15, -0.1) is 0 Å². The number of carboxylic acids is 1. The van der Waals surface area contributed by atoms with Crippen LogP contribution in [0.2, 0.25) is 0 Å². The first kappa shape index (κ1) is 20.7. The van der Waals surface area contributed by atoms with Crippen LogP contribution >= 0.6 is 0 Å². The molecule has 0 aromatic heterocycles. The van der Waals surface area contributed by atoms with Gasteiger partial charge in [-0.3, -0.25) is 4.79 Å². The molecular formula is C20H34O2. The smallest absolute Gasteiger partial charge is 0.303 e. The minimum atomic E-state index is -0.665. The van der Waals surface area contributed by atoms with Crippen molar-refractivity contribution in [3.63, 3.8) is 0 Å². The number of unbranched alkanes of at least 4 members (excludes halogenated alkanes) is 9. The lowest BCUT2D eigenvalue weighted by Crippen LogP contribution is -1.93. The number of hydrogen-bond donors (Lipinski definition) is 1. The summed E-state index contributed by atoms with van der Waals surface area (Å²) in [5, 5.41) is 8.53. The average molecular weight is 306 g/mol. The SMILES string of the molecule is CCC=CC=CC=CCCCCCCCCCCCC(=O)O. The Bertz CT molecular complexity index is 327. The van der Waals surface area contributed by atoms with E-state index in [1.54, 1.807) is 0 Å². The number of carboxylic acid groups (broad SMARTS) is 1. The highest BCUT2D eigenvalue weighted by molar-refractivity contribution is 5.66. The standard InChI is InChI=1S/C20H34O2/c1-2-3-4-5-6-7-8-9-10-11-12-13-14-15-16-17-18-19-20(21)22/h3-8H,2,9-19H2,1H3,(H,21,22). The number of allylic oxidation sites excluding steroid dienone is 6. The van der Waals surface area contributed by atoms with Crippen molar-refractivity contribution in [3.8, 4) is 0 Å². The van der Waals surface area contributed by atoms with Crippen molar-refractivity contribution in [3.05, 3.63) is 36.5 Å². The molecule has 0 rings (SSSR count). The second kappa shape index (κ2) is 17.7. The Hall–Kier alpha value is -1.31. The molecule has 0 bridgehead atoms. The third-order valence-electron chi connectivity index (χ3n) is 3.60. The second-order valence-corrected chi connectivity index (χ2v) is 5.76. The van der Waals surface area contributed by atoms with E-state index >= 15 is 0 Å². The molecule has 0 aromatic rings. The summed E-state index contributed by atoms with van der Waals surface area (Å²) in [5.74, 6) is -0.665. The molecule has 0 spiro atoms. The molecule has 0 aliphatic heterocycles. The lowest BCUT2D eigenvalue weighted by Gasteiger charge is -2.01. The fourth-order valence-electron chi connectivity index (χ4n) is 2.29. The number of rotatable bonds is 15. The van der Waals surface area contributed by atoms with E-state index in [-0.39, 0.29) is 0 Å². The van der Waals surface area contributed by atoms with Gasteiger partial charge in [0.25, 0.3) is 0 Å². The first-order valence-corrected chi connectivity index (χ1v) is 8.97. The molecule has 2 nitrogen and oxygen atoms in total. The van der Waals surface area contributed by atoms with Crippen LogP contribution in [0.15, 0.2) is 36.5 Å². The molecule has 0 heterocycles. The predicted molar refractivity (Wildman–Crippen MR) is 96.1 cm³/mol. The quantitative estimate of drug-likeness (QED) is 0.279. The third-order valence-corrected chi connectivity index (χ3v) is 3.60. The highest BCUT2D eigenvalue weighted by atomic mass is 16.4. The van der Waals surface area contributed by atoms with Gasteiger partial charge in [0.15, 0.2) is 0 Å². The molecule has 0 saturated heterocycles. The van der Waals surface area contributed by atoms with Crippen molar-refractivity contribution < 1.29 is 9.90 Å². The lowest BCUT2D eigenvalue weighted by molar-refractivity contribution is -0.137. The van der Waals surface area contributed by atoms with Crippen LogP contribution in [0.25, 0.3) is 0 Å². The monoisotopic (exact) mass is 306 g/mol. The fraction of sp³-hybridized carbons (Fsp3) is 0.650. The molecule has 2 heteroatoms. The van der Waals surface area contributed by atoms with Crippen LogP contribution in [0.3, 0.4) is 0 Å². The van der Waals surface area contributed by atoms with Gasteiger partial charge in [-0.2, -0.15) is 0 Å². The van der Waals surface area contributed by atoms with Gasteiger partial charge in [-0.05, 0) is 25.7 Å². The number of carbonyl (C=O) groups is 1. The highest BCUT2D eigenvalue weighted by Crippen LogP contribution is 2.11. The normalized spacial score (nSPS) is 12.0. The van der Waals surface area contributed by atoms with Crippen LogP contribution in [0.5, 0.6) is 0 Å². The Morgan fingerprint density at radius 1 is 0.727 bits per heavy atom. The van der Waals surface area contributed by atoms with Crippen LogP contribution in [0, 0.1) is 0 Å². The molecular weight excluding hydrogens is 272 g/mol. The van der Waals surface area contributed by atoms with Crippen molar-refractivity contribution in [2.75, 3.05) is 0 Å². The zero-order valence-corrected chi connectivity index (χ0v) is 14.3.